The van der Waals surface area contributed by atoms with E-state index in [4.69, 9.17) is 10.5 Å². The molecule has 0 saturated carbocycles. The lowest BCUT2D eigenvalue weighted by molar-refractivity contribution is 0.631. The summed E-state index contributed by atoms with van der Waals surface area (Å²) in [6, 6.07) is 7.69. The molecule has 1 aromatic carbocycles. The highest BCUT2D eigenvalue weighted by atomic mass is 19.1. The van der Waals surface area contributed by atoms with Crippen LogP contribution in [0.5, 0.6) is 0 Å². The fourth-order valence-corrected chi connectivity index (χ4v) is 1.36. The van der Waals surface area contributed by atoms with E-state index < -0.39 is 5.82 Å². The number of nitrogens with one attached hydrogen (secondary N) is 1. The van der Waals surface area contributed by atoms with Crippen molar-refractivity contribution in [2.24, 2.45) is 0 Å². The van der Waals surface area contributed by atoms with Crippen molar-refractivity contribution in [3.8, 4) is 17.8 Å². The average Bonchev–Trinajstić information content (AvgIpc) is 2.96. The van der Waals surface area contributed by atoms with Gasteiger partial charge in [-0.25, -0.2) is 4.39 Å². The molecule has 0 fully saturated rings. The van der Waals surface area contributed by atoms with Crippen LogP contribution in [0.4, 0.5) is 10.1 Å². The van der Waals surface area contributed by atoms with Gasteiger partial charge in [0, 0.05) is 6.20 Å². The second kappa shape index (κ2) is 5.43. The van der Waals surface area contributed by atoms with Gasteiger partial charge >= 0.3 is 0 Å². The van der Waals surface area contributed by atoms with Crippen molar-refractivity contribution in [1.82, 2.24) is 14.8 Å². The molecule has 0 saturated heterocycles. The standard InChI is InChI=1S/C12H7FN6/c13-11-2-1-10(19-7-17-18-8-19)3-12(11)16-6-9(4-14)5-15/h1-3,6-8,16H. The molecule has 6 nitrogen and oxygen atoms in total. The summed E-state index contributed by atoms with van der Waals surface area (Å²) >= 11 is 0. The smallest absolute Gasteiger partial charge is 0.146 e. The number of allylic oxidation sites excluding steroid dienone is 1. The largest absolute Gasteiger partial charge is 0.357 e. The summed E-state index contributed by atoms with van der Waals surface area (Å²) < 4.78 is 15.2. The van der Waals surface area contributed by atoms with E-state index in [1.165, 1.54) is 24.8 Å². The fraction of sp³-hybridized carbons (Fsp3) is 0. The Hall–Kier alpha value is -3.19. The van der Waals surface area contributed by atoms with E-state index in [-0.39, 0.29) is 11.3 Å². The first kappa shape index (κ1) is 12.3. The molecule has 1 heterocycles. The van der Waals surface area contributed by atoms with E-state index in [2.05, 4.69) is 15.5 Å². The zero-order valence-electron chi connectivity index (χ0n) is 9.58. The number of anilines is 1. The van der Waals surface area contributed by atoms with Gasteiger partial charge in [-0.05, 0) is 18.2 Å². The van der Waals surface area contributed by atoms with Gasteiger partial charge in [-0.15, -0.1) is 10.2 Å². The van der Waals surface area contributed by atoms with Gasteiger partial charge in [0.05, 0.1) is 11.4 Å². The van der Waals surface area contributed by atoms with Crippen molar-refractivity contribution in [3.05, 3.63) is 48.4 Å². The van der Waals surface area contributed by atoms with Crippen LogP contribution in [0.1, 0.15) is 0 Å². The molecule has 0 radical (unpaired) electrons. The van der Waals surface area contributed by atoms with Crippen LogP contribution in [0, 0.1) is 28.5 Å². The van der Waals surface area contributed by atoms with E-state index in [0.29, 0.717) is 5.69 Å². The predicted octanol–water partition coefficient (Wildman–Crippen LogP) is 1.75. The Morgan fingerprint density at radius 1 is 1.26 bits per heavy atom. The molecule has 1 aromatic heterocycles. The number of nitriles is 2. The van der Waals surface area contributed by atoms with Gasteiger partial charge in [0.2, 0.25) is 0 Å². The maximum atomic E-state index is 13.6. The van der Waals surface area contributed by atoms with Crippen LogP contribution >= 0.6 is 0 Å². The van der Waals surface area contributed by atoms with E-state index >= 15 is 0 Å². The Morgan fingerprint density at radius 3 is 2.58 bits per heavy atom. The highest BCUT2D eigenvalue weighted by molar-refractivity contribution is 5.55. The highest BCUT2D eigenvalue weighted by Crippen LogP contribution is 2.18. The van der Waals surface area contributed by atoms with E-state index in [9.17, 15) is 4.39 Å². The molecule has 0 atom stereocenters. The van der Waals surface area contributed by atoms with Gasteiger partial charge in [-0.3, -0.25) is 4.57 Å². The van der Waals surface area contributed by atoms with Crippen LogP contribution in [0.15, 0.2) is 42.6 Å². The predicted molar refractivity (Wildman–Crippen MR) is 64.2 cm³/mol. The molecule has 0 aliphatic carbocycles. The number of nitrogens with zero attached hydrogens (tertiary/aromatic N) is 5. The van der Waals surface area contributed by atoms with Crippen LogP contribution in [0.2, 0.25) is 0 Å². The zero-order valence-corrected chi connectivity index (χ0v) is 9.58. The summed E-state index contributed by atoms with van der Waals surface area (Å²) in [4.78, 5) is 0. The Kier molecular flexibility index (Phi) is 3.51. The molecule has 92 valence electrons. The molecule has 19 heavy (non-hydrogen) atoms. The van der Waals surface area contributed by atoms with Crippen LogP contribution in [-0.4, -0.2) is 14.8 Å². The molecule has 1 N–H and O–H groups in total. The summed E-state index contributed by atoms with van der Waals surface area (Å²) in [5.41, 5.74) is 0.654. The van der Waals surface area contributed by atoms with Crippen LogP contribution in [-0.2, 0) is 0 Å². The molecule has 7 heteroatoms. The first-order chi connectivity index (χ1) is 9.24. The zero-order chi connectivity index (χ0) is 13.7. The van der Waals surface area contributed by atoms with Crippen LogP contribution in [0.3, 0.4) is 0 Å². The molecule has 0 aliphatic heterocycles. The maximum Gasteiger partial charge on any atom is 0.146 e. The molecular formula is C12H7FN6. The molecule has 0 spiro atoms. The van der Waals surface area contributed by atoms with Crippen molar-refractivity contribution in [2.75, 3.05) is 5.32 Å². The Balaban J connectivity index is 2.32. The first-order valence-electron chi connectivity index (χ1n) is 5.16. The van der Waals surface area contributed by atoms with Gasteiger partial charge in [0.25, 0.3) is 0 Å². The first-order valence-corrected chi connectivity index (χ1v) is 5.16. The number of aromatic nitrogens is 3. The van der Waals surface area contributed by atoms with Crippen molar-refractivity contribution in [2.45, 2.75) is 0 Å². The topological polar surface area (TPSA) is 90.3 Å². The number of hydrogen-bond acceptors (Lipinski definition) is 5. The van der Waals surface area contributed by atoms with Gasteiger partial charge in [-0.1, -0.05) is 0 Å². The van der Waals surface area contributed by atoms with Crippen molar-refractivity contribution < 1.29 is 4.39 Å². The molecule has 0 bridgehead atoms. The molecule has 2 aromatic rings. The lowest BCUT2D eigenvalue weighted by Crippen LogP contribution is -1.97. The average molecular weight is 254 g/mol. The van der Waals surface area contributed by atoms with Gasteiger partial charge in [-0.2, -0.15) is 10.5 Å². The van der Waals surface area contributed by atoms with Crippen LogP contribution < -0.4 is 5.32 Å². The van der Waals surface area contributed by atoms with Crippen LogP contribution in [0.25, 0.3) is 5.69 Å². The van der Waals surface area contributed by atoms with E-state index in [0.717, 1.165) is 6.20 Å². The van der Waals surface area contributed by atoms with Crippen molar-refractivity contribution >= 4 is 5.69 Å². The summed E-state index contributed by atoms with van der Waals surface area (Å²) in [7, 11) is 0. The second-order valence-electron chi connectivity index (χ2n) is 3.46. The lowest BCUT2D eigenvalue weighted by atomic mass is 10.2. The minimum absolute atomic E-state index is 0.144. The van der Waals surface area contributed by atoms with E-state index in [1.54, 1.807) is 22.8 Å². The molecule has 0 aliphatic rings. The Morgan fingerprint density at radius 2 is 1.95 bits per heavy atom. The summed E-state index contributed by atoms with van der Waals surface area (Å²) in [6.45, 7) is 0. The third-order valence-corrected chi connectivity index (χ3v) is 2.28. The molecule has 0 amide bonds. The van der Waals surface area contributed by atoms with Crippen molar-refractivity contribution in [3.63, 3.8) is 0 Å². The summed E-state index contributed by atoms with van der Waals surface area (Å²) in [5, 5.41) is 27.1. The minimum atomic E-state index is -0.497. The number of hydrogen-bond donors (Lipinski definition) is 1. The lowest BCUT2D eigenvalue weighted by Gasteiger charge is -2.06. The van der Waals surface area contributed by atoms with Gasteiger partial charge in [0.1, 0.15) is 36.2 Å². The second-order valence-corrected chi connectivity index (χ2v) is 3.46. The molecule has 0 unspecified atom stereocenters. The minimum Gasteiger partial charge on any atom is -0.357 e. The Bertz CT molecular complexity index is 674. The third kappa shape index (κ3) is 2.73. The van der Waals surface area contributed by atoms with E-state index in [1.807, 2.05) is 0 Å². The van der Waals surface area contributed by atoms with Crippen molar-refractivity contribution in [1.29, 1.82) is 10.5 Å². The number of rotatable bonds is 3. The monoisotopic (exact) mass is 254 g/mol. The number of benzene rings is 1. The molecular weight excluding hydrogens is 247 g/mol. The summed E-state index contributed by atoms with van der Waals surface area (Å²) in [6.07, 6.45) is 4.10. The normalized spacial score (nSPS) is 9.21. The fourth-order valence-electron chi connectivity index (χ4n) is 1.36. The third-order valence-electron chi connectivity index (χ3n) is 2.28. The Labute approximate surface area is 108 Å². The highest BCUT2D eigenvalue weighted by Gasteiger charge is 2.04. The van der Waals surface area contributed by atoms with Gasteiger partial charge < -0.3 is 5.32 Å². The quantitative estimate of drug-likeness (QED) is 0.842. The van der Waals surface area contributed by atoms with Gasteiger partial charge in [0.15, 0.2) is 0 Å². The maximum absolute atomic E-state index is 13.6. The summed E-state index contributed by atoms with van der Waals surface area (Å²) in [5.74, 6) is -0.497. The SMILES string of the molecule is N#CC(C#N)=CNc1cc(-n2cnnc2)ccc1F. The number of halogens is 1. The molecule has 2 rings (SSSR count).